The van der Waals surface area contributed by atoms with E-state index in [1.807, 2.05) is 11.4 Å². The number of halogens is 2. The molecule has 3 heterocycles. The van der Waals surface area contributed by atoms with Gasteiger partial charge in [0.15, 0.2) is 0 Å². The van der Waals surface area contributed by atoms with Gasteiger partial charge in [0, 0.05) is 22.8 Å². The first-order chi connectivity index (χ1) is 8.15. The van der Waals surface area contributed by atoms with Gasteiger partial charge in [-0.15, -0.1) is 22.9 Å². The summed E-state index contributed by atoms with van der Waals surface area (Å²) in [5.41, 5.74) is 0.851. The van der Waals surface area contributed by atoms with Gasteiger partial charge >= 0.3 is 0 Å². The number of rotatable bonds is 1. The summed E-state index contributed by atoms with van der Waals surface area (Å²) >= 11 is 10.1. The fourth-order valence-corrected chi connectivity index (χ4v) is 4.75. The highest BCUT2D eigenvalue weighted by Crippen LogP contribution is 2.39. The van der Waals surface area contributed by atoms with Crippen molar-refractivity contribution in [1.29, 1.82) is 0 Å². The van der Waals surface area contributed by atoms with Crippen molar-refractivity contribution in [2.75, 3.05) is 0 Å². The van der Waals surface area contributed by atoms with E-state index in [1.165, 1.54) is 2.88 Å². The molecule has 2 bridgehead atoms. The van der Waals surface area contributed by atoms with Crippen LogP contribution in [0.2, 0.25) is 0 Å². The SMILES string of the molecule is O=C(c1csc(I)c1)N1C2CCC1CC(Cl)C2. The summed E-state index contributed by atoms with van der Waals surface area (Å²) in [6.45, 7) is 0. The highest BCUT2D eigenvalue weighted by Gasteiger charge is 2.42. The molecule has 2 fully saturated rings. The molecule has 0 N–H and O–H groups in total. The van der Waals surface area contributed by atoms with Crippen LogP contribution in [-0.4, -0.2) is 28.3 Å². The number of carbonyl (C=O) groups is 1. The molecule has 2 aliphatic rings. The number of hydrogen-bond donors (Lipinski definition) is 0. The summed E-state index contributed by atoms with van der Waals surface area (Å²) in [5.74, 6) is 0.209. The van der Waals surface area contributed by atoms with Crippen molar-refractivity contribution < 1.29 is 4.79 Å². The van der Waals surface area contributed by atoms with Gasteiger partial charge < -0.3 is 4.90 Å². The number of alkyl halides is 1. The van der Waals surface area contributed by atoms with Crippen molar-refractivity contribution >= 4 is 51.4 Å². The topological polar surface area (TPSA) is 20.3 Å². The summed E-state index contributed by atoms with van der Waals surface area (Å²) in [6, 6.07) is 2.74. The molecule has 0 saturated carbocycles. The van der Waals surface area contributed by atoms with Gasteiger partial charge in [0.05, 0.1) is 8.45 Å². The van der Waals surface area contributed by atoms with Crippen LogP contribution in [0, 0.1) is 2.88 Å². The van der Waals surface area contributed by atoms with Crippen LogP contribution in [0.5, 0.6) is 0 Å². The van der Waals surface area contributed by atoms with Crippen LogP contribution in [0.1, 0.15) is 36.0 Å². The van der Waals surface area contributed by atoms with Crippen LogP contribution in [0.4, 0.5) is 0 Å². The predicted molar refractivity (Wildman–Crippen MR) is 78.9 cm³/mol. The first-order valence-corrected chi connectivity index (χ1v) is 8.25. The van der Waals surface area contributed by atoms with Gasteiger partial charge in [-0.05, 0) is 54.3 Å². The Hall–Kier alpha value is 0.190. The van der Waals surface area contributed by atoms with Crippen molar-refractivity contribution in [3.05, 3.63) is 19.9 Å². The lowest BCUT2D eigenvalue weighted by Gasteiger charge is -2.36. The van der Waals surface area contributed by atoms with Gasteiger partial charge in [-0.3, -0.25) is 4.79 Å². The van der Waals surface area contributed by atoms with Crippen LogP contribution in [-0.2, 0) is 0 Å². The van der Waals surface area contributed by atoms with E-state index in [2.05, 4.69) is 27.5 Å². The molecular weight excluding hydrogens is 369 g/mol. The van der Waals surface area contributed by atoms with Crippen LogP contribution in [0.15, 0.2) is 11.4 Å². The number of thiophene rings is 1. The van der Waals surface area contributed by atoms with E-state index in [-0.39, 0.29) is 11.3 Å². The van der Waals surface area contributed by atoms with Crippen LogP contribution in [0.25, 0.3) is 0 Å². The largest absolute Gasteiger partial charge is 0.333 e. The molecular formula is C12H13ClINOS. The third-order valence-corrected chi connectivity index (χ3v) is 5.87. The zero-order valence-corrected chi connectivity index (χ0v) is 13.0. The molecule has 2 nitrogen and oxygen atoms in total. The number of nitrogens with zero attached hydrogens (tertiary/aromatic N) is 1. The Balaban J connectivity index is 1.83. The second kappa shape index (κ2) is 4.70. The van der Waals surface area contributed by atoms with E-state index in [9.17, 15) is 4.79 Å². The molecule has 2 aliphatic heterocycles. The van der Waals surface area contributed by atoms with Gasteiger partial charge in [0.25, 0.3) is 5.91 Å². The van der Waals surface area contributed by atoms with Gasteiger partial charge in [-0.2, -0.15) is 0 Å². The molecule has 3 rings (SSSR count). The molecule has 0 aromatic carbocycles. The normalized spacial score (nSPS) is 31.9. The Morgan fingerprint density at radius 2 is 2.06 bits per heavy atom. The molecule has 0 aliphatic carbocycles. The number of fused-ring (bicyclic) bond motifs is 2. The third-order valence-electron chi connectivity index (χ3n) is 3.72. The average molecular weight is 382 g/mol. The molecule has 1 aromatic rings. The van der Waals surface area contributed by atoms with Crippen LogP contribution < -0.4 is 0 Å². The monoisotopic (exact) mass is 381 g/mol. The first-order valence-electron chi connectivity index (χ1n) is 5.86. The maximum atomic E-state index is 12.5. The lowest BCUT2D eigenvalue weighted by molar-refractivity contribution is 0.0600. The molecule has 92 valence electrons. The Kier molecular flexibility index (Phi) is 3.38. The minimum atomic E-state index is 0.209. The van der Waals surface area contributed by atoms with Crippen molar-refractivity contribution in [2.24, 2.45) is 0 Å². The zero-order valence-electron chi connectivity index (χ0n) is 9.23. The fourth-order valence-electron chi connectivity index (χ4n) is 3.01. The average Bonchev–Trinajstić information content (AvgIpc) is 2.81. The van der Waals surface area contributed by atoms with E-state index in [1.54, 1.807) is 11.3 Å². The molecule has 2 saturated heterocycles. The van der Waals surface area contributed by atoms with Gasteiger partial charge in [0.1, 0.15) is 0 Å². The Morgan fingerprint density at radius 1 is 1.41 bits per heavy atom. The van der Waals surface area contributed by atoms with E-state index in [0.29, 0.717) is 12.1 Å². The van der Waals surface area contributed by atoms with E-state index in [0.717, 1.165) is 31.2 Å². The second-order valence-corrected chi connectivity index (χ2v) is 8.23. The summed E-state index contributed by atoms with van der Waals surface area (Å²) in [4.78, 5) is 14.6. The second-order valence-electron chi connectivity index (χ2n) is 4.81. The first kappa shape index (κ1) is 12.2. The minimum Gasteiger partial charge on any atom is -0.333 e. The quantitative estimate of drug-likeness (QED) is 0.536. The van der Waals surface area contributed by atoms with Crippen molar-refractivity contribution in [3.63, 3.8) is 0 Å². The molecule has 1 amide bonds. The number of piperidine rings is 1. The summed E-state index contributed by atoms with van der Waals surface area (Å²) < 4.78 is 1.17. The smallest absolute Gasteiger partial charge is 0.255 e. The predicted octanol–water partition coefficient (Wildman–Crippen LogP) is 3.73. The lowest BCUT2D eigenvalue weighted by Crippen LogP contribution is -2.46. The van der Waals surface area contributed by atoms with Crippen molar-refractivity contribution in [2.45, 2.75) is 43.1 Å². The highest BCUT2D eigenvalue weighted by atomic mass is 127. The molecule has 2 atom stereocenters. The number of amides is 1. The van der Waals surface area contributed by atoms with E-state index < -0.39 is 0 Å². The molecule has 0 spiro atoms. The Bertz CT molecular complexity index is 435. The molecule has 0 radical (unpaired) electrons. The van der Waals surface area contributed by atoms with Gasteiger partial charge in [-0.25, -0.2) is 0 Å². The zero-order chi connectivity index (χ0) is 12.0. The molecule has 2 unspecified atom stereocenters. The van der Waals surface area contributed by atoms with E-state index >= 15 is 0 Å². The lowest BCUT2D eigenvalue weighted by atomic mass is 10.0. The molecule has 5 heteroatoms. The minimum absolute atomic E-state index is 0.209. The van der Waals surface area contributed by atoms with Gasteiger partial charge in [0.2, 0.25) is 0 Å². The van der Waals surface area contributed by atoms with Crippen molar-refractivity contribution in [3.8, 4) is 0 Å². The summed E-state index contributed by atoms with van der Waals surface area (Å²) in [6.07, 6.45) is 4.18. The maximum Gasteiger partial charge on any atom is 0.255 e. The Morgan fingerprint density at radius 3 is 2.59 bits per heavy atom. The fraction of sp³-hybridized carbons (Fsp3) is 0.583. The standard InChI is InChI=1S/C12H13ClINOS/c13-8-4-9-1-2-10(5-8)15(9)12(16)7-3-11(14)17-6-7/h3,6,8-10H,1-2,4-5H2. The Labute approximate surface area is 123 Å². The van der Waals surface area contributed by atoms with Crippen LogP contribution >= 0.6 is 45.5 Å². The number of hydrogen-bond acceptors (Lipinski definition) is 2. The third kappa shape index (κ3) is 2.24. The molecule has 17 heavy (non-hydrogen) atoms. The van der Waals surface area contributed by atoms with E-state index in [4.69, 9.17) is 11.6 Å². The maximum absolute atomic E-state index is 12.5. The van der Waals surface area contributed by atoms with Gasteiger partial charge in [-0.1, -0.05) is 0 Å². The summed E-state index contributed by atoms with van der Waals surface area (Å²) in [7, 11) is 0. The summed E-state index contributed by atoms with van der Waals surface area (Å²) in [5, 5.41) is 2.23. The number of carbonyl (C=O) groups excluding carboxylic acids is 1. The molecule has 1 aromatic heterocycles. The van der Waals surface area contributed by atoms with Crippen molar-refractivity contribution in [1.82, 2.24) is 4.90 Å². The highest BCUT2D eigenvalue weighted by molar-refractivity contribution is 14.1. The van der Waals surface area contributed by atoms with Crippen LogP contribution in [0.3, 0.4) is 0 Å².